The molecule has 3 aromatic rings. The van der Waals surface area contributed by atoms with Gasteiger partial charge in [-0.15, -0.1) is 0 Å². The highest BCUT2D eigenvalue weighted by molar-refractivity contribution is 6.08. The van der Waals surface area contributed by atoms with Gasteiger partial charge in [0.25, 0.3) is 11.8 Å². The number of para-hydroxylation sites is 1. The Morgan fingerprint density at radius 3 is 2.56 bits per heavy atom. The van der Waals surface area contributed by atoms with Crippen LogP contribution in [0.5, 0.6) is 0 Å². The highest BCUT2D eigenvalue weighted by atomic mass is 16.5. The number of anilines is 2. The zero-order valence-electron chi connectivity index (χ0n) is 13.8. The number of aryl methyl sites for hydroxylation is 1. The van der Waals surface area contributed by atoms with Gasteiger partial charge in [0.2, 0.25) is 0 Å². The summed E-state index contributed by atoms with van der Waals surface area (Å²) in [6.45, 7) is 1.72. The summed E-state index contributed by atoms with van der Waals surface area (Å²) in [6, 6.07) is 13.9. The molecule has 1 aromatic carbocycles. The summed E-state index contributed by atoms with van der Waals surface area (Å²) < 4.78 is 4.90. The lowest BCUT2D eigenvalue weighted by atomic mass is 10.2. The van der Waals surface area contributed by atoms with Gasteiger partial charge in [0.15, 0.2) is 5.82 Å². The van der Waals surface area contributed by atoms with E-state index in [0.29, 0.717) is 17.1 Å². The van der Waals surface area contributed by atoms with Crippen LogP contribution >= 0.6 is 0 Å². The fourth-order valence-electron chi connectivity index (χ4n) is 2.26. The second kappa shape index (κ2) is 6.96. The van der Waals surface area contributed by atoms with Gasteiger partial charge in [-0.05, 0) is 31.2 Å². The molecule has 2 aromatic heterocycles. The van der Waals surface area contributed by atoms with Crippen LogP contribution in [-0.2, 0) is 0 Å². The Morgan fingerprint density at radius 1 is 1.12 bits per heavy atom. The van der Waals surface area contributed by atoms with Crippen molar-refractivity contribution in [1.82, 2.24) is 10.1 Å². The number of carbonyl (C=O) groups is 2. The van der Waals surface area contributed by atoms with Gasteiger partial charge >= 0.3 is 0 Å². The molecule has 0 aliphatic rings. The Labute approximate surface area is 144 Å². The number of hydrogen-bond donors (Lipinski definition) is 1. The monoisotopic (exact) mass is 336 g/mol. The van der Waals surface area contributed by atoms with E-state index in [-0.39, 0.29) is 11.6 Å². The molecule has 126 valence electrons. The summed E-state index contributed by atoms with van der Waals surface area (Å²) >= 11 is 0. The minimum absolute atomic E-state index is 0.118. The summed E-state index contributed by atoms with van der Waals surface area (Å²) in [5.74, 6) is 0.171. The highest BCUT2D eigenvalue weighted by Crippen LogP contribution is 2.15. The predicted octanol–water partition coefficient (Wildman–Crippen LogP) is 2.91. The molecule has 25 heavy (non-hydrogen) atoms. The number of amides is 2. The van der Waals surface area contributed by atoms with E-state index in [9.17, 15) is 9.59 Å². The first-order valence-corrected chi connectivity index (χ1v) is 7.58. The van der Waals surface area contributed by atoms with Crippen LogP contribution in [0, 0.1) is 6.92 Å². The van der Waals surface area contributed by atoms with E-state index in [2.05, 4.69) is 15.5 Å². The number of hydrogen-bond acceptors (Lipinski definition) is 5. The molecule has 0 atom stereocenters. The van der Waals surface area contributed by atoms with Gasteiger partial charge in [-0.2, -0.15) is 0 Å². The fourth-order valence-corrected chi connectivity index (χ4v) is 2.26. The molecular formula is C18H16N4O3. The molecule has 0 fully saturated rings. The van der Waals surface area contributed by atoms with Crippen molar-refractivity contribution in [2.24, 2.45) is 0 Å². The molecule has 2 heterocycles. The molecule has 0 saturated carbocycles. The van der Waals surface area contributed by atoms with Crippen molar-refractivity contribution in [3.05, 3.63) is 71.7 Å². The van der Waals surface area contributed by atoms with Gasteiger partial charge in [-0.3, -0.25) is 14.6 Å². The van der Waals surface area contributed by atoms with E-state index in [1.54, 1.807) is 26.1 Å². The summed E-state index contributed by atoms with van der Waals surface area (Å²) in [4.78, 5) is 30.4. The second-order valence-electron chi connectivity index (χ2n) is 5.41. The molecular weight excluding hydrogens is 320 g/mol. The van der Waals surface area contributed by atoms with Gasteiger partial charge in [-0.25, -0.2) is 0 Å². The Morgan fingerprint density at radius 2 is 1.88 bits per heavy atom. The molecule has 3 rings (SSSR count). The zero-order chi connectivity index (χ0) is 17.8. The number of nitrogens with zero attached hydrogens (tertiary/aromatic N) is 3. The minimum atomic E-state index is -0.467. The normalized spacial score (nSPS) is 10.3. The van der Waals surface area contributed by atoms with Gasteiger partial charge < -0.3 is 14.7 Å². The lowest BCUT2D eigenvalue weighted by Gasteiger charge is -2.17. The first-order valence-electron chi connectivity index (χ1n) is 7.58. The molecule has 0 saturated heterocycles. The van der Waals surface area contributed by atoms with E-state index < -0.39 is 5.91 Å². The maximum atomic E-state index is 12.6. The average molecular weight is 336 g/mol. The maximum absolute atomic E-state index is 12.6. The van der Waals surface area contributed by atoms with Crippen molar-refractivity contribution < 1.29 is 14.1 Å². The van der Waals surface area contributed by atoms with Gasteiger partial charge in [0.1, 0.15) is 11.5 Å². The summed E-state index contributed by atoms with van der Waals surface area (Å²) in [5, 5.41) is 6.27. The van der Waals surface area contributed by atoms with Crippen molar-refractivity contribution in [3.8, 4) is 0 Å². The Hall–Kier alpha value is -3.48. The molecule has 2 amide bonds. The highest BCUT2D eigenvalue weighted by Gasteiger charge is 2.17. The molecule has 7 heteroatoms. The Bertz CT molecular complexity index is 905. The quantitative estimate of drug-likeness (QED) is 0.791. The summed E-state index contributed by atoms with van der Waals surface area (Å²) in [5.41, 5.74) is 1.24. The van der Waals surface area contributed by atoms with Crippen LogP contribution in [0.3, 0.4) is 0 Å². The first kappa shape index (κ1) is 16.4. The third-order valence-electron chi connectivity index (χ3n) is 3.56. The van der Waals surface area contributed by atoms with Crippen molar-refractivity contribution in [1.29, 1.82) is 0 Å². The second-order valence-corrected chi connectivity index (χ2v) is 5.41. The predicted molar refractivity (Wildman–Crippen MR) is 92.6 cm³/mol. The number of rotatable bonds is 4. The largest absolute Gasteiger partial charge is 0.360 e. The van der Waals surface area contributed by atoms with Crippen molar-refractivity contribution in [2.45, 2.75) is 6.92 Å². The molecule has 1 N–H and O–H groups in total. The minimum Gasteiger partial charge on any atom is -0.360 e. The van der Waals surface area contributed by atoms with Crippen LogP contribution < -0.4 is 10.2 Å². The average Bonchev–Trinajstić information content (AvgIpc) is 3.06. The van der Waals surface area contributed by atoms with E-state index in [4.69, 9.17) is 4.52 Å². The Kier molecular flexibility index (Phi) is 4.56. The van der Waals surface area contributed by atoms with Gasteiger partial charge in [0.05, 0.1) is 0 Å². The molecule has 0 aliphatic heterocycles. The molecule has 0 unspecified atom stereocenters. The van der Waals surface area contributed by atoms with Crippen LogP contribution in [0.25, 0.3) is 0 Å². The maximum Gasteiger partial charge on any atom is 0.275 e. The lowest BCUT2D eigenvalue weighted by molar-refractivity contribution is 0.0993. The van der Waals surface area contributed by atoms with E-state index in [0.717, 1.165) is 5.69 Å². The van der Waals surface area contributed by atoms with Crippen LogP contribution in [0.4, 0.5) is 11.5 Å². The van der Waals surface area contributed by atoms with Crippen LogP contribution in [0.1, 0.15) is 26.6 Å². The number of pyridine rings is 1. The molecule has 7 nitrogen and oxygen atoms in total. The third-order valence-corrected chi connectivity index (χ3v) is 3.56. The van der Waals surface area contributed by atoms with Crippen LogP contribution in [-0.4, -0.2) is 29.0 Å². The summed E-state index contributed by atoms with van der Waals surface area (Å²) in [7, 11) is 1.68. The molecule has 0 radical (unpaired) electrons. The lowest BCUT2D eigenvalue weighted by Crippen LogP contribution is -2.26. The first-order chi connectivity index (χ1) is 12.0. The van der Waals surface area contributed by atoms with Crippen LogP contribution in [0.2, 0.25) is 0 Å². The van der Waals surface area contributed by atoms with Crippen LogP contribution in [0.15, 0.2) is 59.3 Å². The third kappa shape index (κ3) is 3.72. The Balaban J connectivity index is 1.79. The van der Waals surface area contributed by atoms with E-state index >= 15 is 0 Å². The van der Waals surface area contributed by atoms with Crippen molar-refractivity contribution in [2.75, 3.05) is 17.3 Å². The standard InChI is InChI=1S/C18H16N4O3/c1-12-10-16(21-25-12)20-17(23)15-11-13(8-9-19-15)18(24)22(2)14-6-4-3-5-7-14/h3-11H,1-2H3,(H,20,21,23). The smallest absolute Gasteiger partial charge is 0.275 e. The van der Waals surface area contributed by atoms with Crippen molar-refractivity contribution in [3.63, 3.8) is 0 Å². The van der Waals surface area contributed by atoms with Crippen molar-refractivity contribution >= 4 is 23.3 Å². The fraction of sp³-hybridized carbons (Fsp3) is 0.111. The number of carbonyl (C=O) groups excluding carboxylic acids is 2. The number of aromatic nitrogens is 2. The topological polar surface area (TPSA) is 88.3 Å². The van der Waals surface area contributed by atoms with E-state index in [1.165, 1.54) is 17.2 Å². The number of nitrogens with one attached hydrogen (secondary N) is 1. The molecule has 0 bridgehead atoms. The zero-order valence-corrected chi connectivity index (χ0v) is 13.8. The molecule has 0 spiro atoms. The summed E-state index contributed by atoms with van der Waals surface area (Å²) in [6.07, 6.45) is 1.43. The number of benzene rings is 1. The van der Waals surface area contributed by atoms with E-state index in [1.807, 2.05) is 30.3 Å². The van der Waals surface area contributed by atoms with Gasteiger partial charge in [-0.1, -0.05) is 23.4 Å². The SMILES string of the molecule is Cc1cc(NC(=O)c2cc(C(=O)N(C)c3ccccc3)ccn2)no1. The van der Waals surface area contributed by atoms with Gasteiger partial charge in [0, 0.05) is 30.6 Å². The molecule has 0 aliphatic carbocycles.